The molecule has 0 unspecified atom stereocenters. The minimum Gasteiger partial charge on any atom is -0.506 e. The number of aromatic hydroxyl groups is 1. The molecule has 0 bridgehead atoms. The van der Waals surface area contributed by atoms with Gasteiger partial charge in [0, 0.05) is 12.6 Å². The second-order valence-corrected chi connectivity index (χ2v) is 8.79. The molecule has 0 saturated carbocycles. The standard InChI is InChI=1S/C20H26F3N3O3S.ClH/c1-12(2)26-18(29)15(16(27)14-6-11-30-19(14)26)17(28)24-7-3-8-25-9-4-13(5-10-25)20(21,22)23;/h6,11-13,27H,3-5,7-10H2,1-2H3,(H,24,28);1H. The van der Waals surface area contributed by atoms with Crippen molar-refractivity contribution < 1.29 is 23.1 Å². The third kappa shape index (κ3) is 5.53. The quantitative estimate of drug-likeness (QED) is 0.607. The minimum atomic E-state index is -4.13. The summed E-state index contributed by atoms with van der Waals surface area (Å²) in [7, 11) is 0. The van der Waals surface area contributed by atoms with Crippen molar-refractivity contribution in [3.05, 3.63) is 27.4 Å². The third-order valence-corrected chi connectivity index (χ3v) is 6.43. The van der Waals surface area contributed by atoms with Crippen LogP contribution in [0.3, 0.4) is 0 Å². The monoisotopic (exact) mass is 481 g/mol. The lowest BCUT2D eigenvalue weighted by Crippen LogP contribution is -2.40. The summed E-state index contributed by atoms with van der Waals surface area (Å²) in [6, 6.07) is 1.50. The zero-order valence-electron chi connectivity index (χ0n) is 17.4. The van der Waals surface area contributed by atoms with Gasteiger partial charge in [0.2, 0.25) is 0 Å². The molecule has 1 saturated heterocycles. The Kier molecular flexibility index (Phi) is 8.40. The zero-order chi connectivity index (χ0) is 22.1. The number of nitrogens with zero attached hydrogens (tertiary/aromatic N) is 2. The summed E-state index contributed by atoms with van der Waals surface area (Å²) in [6.07, 6.45) is -3.39. The molecule has 1 aliphatic heterocycles. The zero-order valence-corrected chi connectivity index (χ0v) is 19.0. The average Bonchev–Trinajstić information content (AvgIpc) is 3.14. The molecule has 1 aliphatic rings. The molecular weight excluding hydrogens is 455 g/mol. The number of hydrogen-bond donors (Lipinski definition) is 2. The number of thiophene rings is 1. The normalized spacial score (nSPS) is 15.9. The SMILES string of the molecule is CC(C)n1c(=O)c(C(=O)NCCCN2CCC(C(F)(F)F)CC2)c(O)c2ccsc21.Cl. The van der Waals surface area contributed by atoms with Crippen molar-refractivity contribution in [3.63, 3.8) is 0 Å². The maximum atomic E-state index is 12.8. The van der Waals surface area contributed by atoms with Crippen LogP contribution in [-0.4, -0.2) is 52.8 Å². The number of piperidine rings is 1. The predicted octanol–water partition coefficient (Wildman–Crippen LogP) is 4.17. The average molecular weight is 482 g/mol. The van der Waals surface area contributed by atoms with E-state index in [1.807, 2.05) is 18.7 Å². The van der Waals surface area contributed by atoms with Crippen LogP contribution in [0, 0.1) is 5.92 Å². The number of likely N-dealkylation sites (tertiary alicyclic amines) is 1. The van der Waals surface area contributed by atoms with Gasteiger partial charge in [-0.3, -0.25) is 14.2 Å². The van der Waals surface area contributed by atoms with Gasteiger partial charge in [-0.2, -0.15) is 13.2 Å². The van der Waals surface area contributed by atoms with Crippen LogP contribution >= 0.6 is 23.7 Å². The fourth-order valence-corrected chi connectivity index (χ4v) is 4.90. The Hall–Kier alpha value is -1.78. The number of pyridine rings is 1. The molecule has 0 aliphatic carbocycles. The van der Waals surface area contributed by atoms with Gasteiger partial charge >= 0.3 is 6.18 Å². The highest BCUT2D eigenvalue weighted by Gasteiger charge is 2.40. The maximum absolute atomic E-state index is 12.8. The van der Waals surface area contributed by atoms with E-state index in [-0.39, 0.29) is 49.1 Å². The van der Waals surface area contributed by atoms with Gasteiger partial charge in [-0.25, -0.2) is 0 Å². The fourth-order valence-electron chi connectivity index (χ4n) is 3.87. The van der Waals surface area contributed by atoms with E-state index in [9.17, 15) is 27.9 Å². The van der Waals surface area contributed by atoms with E-state index in [4.69, 9.17) is 0 Å². The lowest BCUT2D eigenvalue weighted by Gasteiger charge is -2.32. The number of carbonyl (C=O) groups excluding carboxylic acids is 1. The molecule has 6 nitrogen and oxygen atoms in total. The Balaban J connectivity index is 0.00000341. The molecule has 1 amide bonds. The van der Waals surface area contributed by atoms with Gasteiger partial charge in [0.1, 0.15) is 16.1 Å². The molecule has 2 aromatic heterocycles. The Morgan fingerprint density at radius 2 is 1.97 bits per heavy atom. The molecule has 1 fully saturated rings. The summed E-state index contributed by atoms with van der Waals surface area (Å²) >= 11 is 1.33. The highest BCUT2D eigenvalue weighted by Crippen LogP contribution is 2.34. The number of fused-ring (bicyclic) bond motifs is 1. The molecule has 31 heavy (non-hydrogen) atoms. The van der Waals surface area contributed by atoms with Crippen molar-refractivity contribution in [1.82, 2.24) is 14.8 Å². The van der Waals surface area contributed by atoms with Gasteiger partial charge in [0.25, 0.3) is 11.5 Å². The van der Waals surface area contributed by atoms with Crippen LogP contribution in [0.4, 0.5) is 13.2 Å². The molecule has 0 atom stereocenters. The number of rotatable bonds is 6. The van der Waals surface area contributed by atoms with Gasteiger partial charge in [-0.15, -0.1) is 23.7 Å². The second kappa shape index (κ2) is 10.2. The maximum Gasteiger partial charge on any atom is 0.391 e. The summed E-state index contributed by atoms with van der Waals surface area (Å²) in [5.74, 6) is -2.19. The van der Waals surface area contributed by atoms with E-state index in [1.165, 1.54) is 15.9 Å². The number of alkyl halides is 3. The van der Waals surface area contributed by atoms with Crippen LogP contribution in [0.1, 0.15) is 49.5 Å². The minimum absolute atomic E-state index is 0. The van der Waals surface area contributed by atoms with Crippen molar-refractivity contribution in [1.29, 1.82) is 0 Å². The molecular formula is C20H27ClF3N3O3S. The van der Waals surface area contributed by atoms with E-state index in [1.54, 1.807) is 11.4 Å². The van der Waals surface area contributed by atoms with E-state index >= 15 is 0 Å². The highest BCUT2D eigenvalue weighted by molar-refractivity contribution is 7.16. The fraction of sp³-hybridized carbons (Fsp3) is 0.600. The van der Waals surface area contributed by atoms with E-state index in [0.29, 0.717) is 36.3 Å². The summed E-state index contributed by atoms with van der Waals surface area (Å²) in [4.78, 5) is 28.0. The van der Waals surface area contributed by atoms with Crippen molar-refractivity contribution in [3.8, 4) is 5.75 Å². The molecule has 2 N–H and O–H groups in total. The lowest BCUT2D eigenvalue weighted by atomic mass is 9.96. The van der Waals surface area contributed by atoms with E-state index in [0.717, 1.165) is 0 Å². The largest absolute Gasteiger partial charge is 0.506 e. The smallest absolute Gasteiger partial charge is 0.391 e. The molecule has 0 aromatic carbocycles. The number of nitrogens with one attached hydrogen (secondary N) is 1. The van der Waals surface area contributed by atoms with Crippen LogP contribution in [0.2, 0.25) is 0 Å². The first-order chi connectivity index (χ1) is 14.1. The van der Waals surface area contributed by atoms with Crippen LogP contribution < -0.4 is 10.9 Å². The molecule has 174 valence electrons. The number of carbonyl (C=O) groups is 1. The van der Waals surface area contributed by atoms with Crippen LogP contribution in [0.15, 0.2) is 16.2 Å². The Morgan fingerprint density at radius 3 is 2.55 bits per heavy atom. The first-order valence-electron chi connectivity index (χ1n) is 10.0. The Labute approximate surface area is 188 Å². The third-order valence-electron chi connectivity index (χ3n) is 5.52. The molecule has 3 rings (SSSR count). The van der Waals surface area contributed by atoms with Crippen LogP contribution in [0.25, 0.3) is 10.2 Å². The second-order valence-electron chi connectivity index (χ2n) is 7.90. The van der Waals surface area contributed by atoms with Gasteiger partial charge in [0.15, 0.2) is 0 Å². The Morgan fingerprint density at radius 1 is 1.32 bits per heavy atom. The molecule has 2 aromatic rings. The number of amides is 1. The van der Waals surface area contributed by atoms with Gasteiger partial charge in [0.05, 0.1) is 11.3 Å². The van der Waals surface area contributed by atoms with Crippen molar-refractivity contribution >= 4 is 39.9 Å². The summed E-state index contributed by atoms with van der Waals surface area (Å²) < 4.78 is 39.7. The molecule has 11 heteroatoms. The van der Waals surface area contributed by atoms with Crippen molar-refractivity contribution in [2.75, 3.05) is 26.2 Å². The first kappa shape index (κ1) is 25.5. The number of halogens is 4. The highest BCUT2D eigenvalue weighted by atomic mass is 35.5. The molecule has 0 radical (unpaired) electrons. The topological polar surface area (TPSA) is 74.6 Å². The first-order valence-corrected chi connectivity index (χ1v) is 10.9. The van der Waals surface area contributed by atoms with E-state index in [2.05, 4.69) is 5.32 Å². The molecule has 3 heterocycles. The summed E-state index contributed by atoms with van der Waals surface area (Å²) in [6.45, 7) is 5.26. The lowest BCUT2D eigenvalue weighted by molar-refractivity contribution is -0.185. The van der Waals surface area contributed by atoms with E-state index < -0.39 is 23.6 Å². The Bertz CT molecular complexity index is 966. The van der Waals surface area contributed by atoms with Gasteiger partial charge in [-0.1, -0.05) is 0 Å². The number of aromatic nitrogens is 1. The summed E-state index contributed by atoms with van der Waals surface area (Å²) in [5.41, 5.74) is -0.815. The van der Waals surface area contributed by atoms with Crippen LogP contribution in [-0.2, 0) is 0 Å². The van der Waals surface area contributed by atoms with Gasteiger partial charge < -0.3 is 15.3 Å². The van der Waals surface area contributed by atoms with Crippen molar-refractivity contribution in [2.45, 2.75) is 45.3 Å². The summed E-state index contributed by atoms with van der Waals surface area (Å²) in [5, 5.41) is 15.4. The van der Waals surface area contributed by atoms with Crippen molar-refractivity contribution in [2.24, 2.45) is 5.92 Å². The molecule has 0 spiro atoms. The van der Waals surface area contributed by atoms with Crippen LogP contribution in [0.5, 0.6) is 5.75 Å². The number of hydrogen-bond acceptors (Lipinski definition) is 5. The predicted molar refractivity (Wildman–Crippen MR) is 118 cm³/mol. The van der Waals surface area contributed by atoms with Gasteiger partial charge in [-0.05, 0) is 64.2 Å².